The average molecular weight is 284 g/mol. The third-order valence-corrected chi connectivity index (χ3v) is 3.75. The molecule has 0 aromatic heterocycles. The lowest BCUT2D eigenvalue weighted by molar-refractivity contribution is 0.396. The van der Waals surface area contributed by atoms with Gasteiger partial charge >= 0.3 is 0 Å². The first kappa shape index (κ1) is 14.8. The van der Waals surface area contributed by atoms with E-state index in [4.69, 9.17) is 28.5 Å². The number of halogens is 2. The Labute approximate surface area is 118 Å². The van der Waals surface area contributed by atoms with E-state index in [1.54, 1.807) is 6.07 Å². The Morgan fingerprint density at radius 3 is 2.72 bits per heavy atom. The lowest BCUT2D eigenvalue weighted by Gasteiger charge is -2.28. The van der Waals surface area contributed by atoms with Crippen molar-refractivity contribution in [2.75, 3.05) is 7.05 Å². The molecule has 0 bridgehead atoms. The summed E-state index contributed by atoms with van der Waals surface area (Å²) in [7, 11) is 1.89. The van der Waals surface area contributed by atoms with Gasteiger partial charge in [-0.2, -0.15) is 10.3 Å². The van der Waals surface area contributed by atoms with Gasteiger partial charge in [-0.25, -0.2) is 0 Å². The van der Waals surface area contributed by atoms with E-state index in [0.29, 0.717) is 16.5 Å². The van der Waals surface area contributed by atoms with E-state index in [1.165, 1.54) is 0 Å². The van der Waals surface area contributed by atoms with E-state index >= 15 is 0 Å². The molecule has 0 fully saturated rings. The molecule has 0 N–H and O–H groups in total. The van der Waals surface area contributed by atoms with Crippen molar-refractivity contribution in [1.82, 2.24) is 4.90 Å². The van der Waals surface area contributed by atoms with Crippen LogP contribution in [-0.2, 0) is 0 Å². The molecule has 18 heavy (non-hydrogen) atoms. The van der Waals surface area contributed by atoms with Crippen LogP contribution in [0.2, 0.25) is 10.0 Å². The van der Waals surface area contributed by atoms with Crippen LogP contribution in [0.3, 0.4) is 0 Å². The Morgan fingerprint density at radius 2 is 2.17 bits per heavy atom. The highest BCUT2D eigenvalue weighted by Crippen LogP contribution is 2.32. The van der Waals surface area contributed by atoms with E-state index in [2.05, 4.69) is 4.99 Å². The monoisotopic (exact) mass is 283 g/mol. The fourth-order valence-electron chi connectivity index (χ4n) is 1.74. The van der Waals surface area contributed by atoms with Crippen LogP contribution in [0.1, 0.15) is 31.9 Å². The second-order valence-electron chi connectivity index (χ2n) is 3.91. The van der Waals surface area contributed by atoms with Crippen LogP contribution < -0.4 is 0 Å². The lowest BCUT2D eigenvalue weighted by Crippen LogP contribution is -2.29. The van der Waals surface area contributed by atoms with Crippen molar-refractivity contribution >= 4 is 29.0 Å². The van der Waals surface area contributed by atoms with Crippen molar-refractivity contribution in [3.05, 3.63) is 33.8 Å². The highest BCUT2D eigenvalue weighted by molar-refractivity contribution is 6.42. The summed E-state index contributed by atoms with van der Waals surface area (Å²) in [4.78, 5) is 5.74. The number of amidine groups is 1. The number of hydrogen-bond donors (Lipinski definition) is 0. The minimum absolute atomic E-state index is 0.00301. The molecule has 0 aliphatic rings. The van der Waals surface area contributed by atoms with Crippen LogP contribution in [0, 0.1) is 11.5 Å². The quantitative estimate of drug-likeness (QED) is 0.472. The minimum atomic E-state index is 0.00301. The van der Waals surface area contributed by atoms with Gasteiger partial charge in [0.1, 0.15) is 5.84 Å². The van der Waals surface area contributed by atoms with E-state index in [-0.39, 0.29) is 6.04 Å². The molecule has 1 rings (SSSR count). The number of benzene rings is 1. The zero-order valence-electron chi connectivity index (χ0n) is 10.6. The summed E-state index contributed by atoms with van der Waals surface area (Å²) in [6.45, 7) is 3.96. The Balaban J connectivity index is 3.07. The van der Waals surface area contributed by atoms with E-state index in [0.717, 1.165) is 11.4 Å². The lowest BCUT2D eigenvalue weighted by atomic mass is 10.1. The molecule has 0 spiro atoms. The number of aliphatic imine (C=N–C) groups is 1. The predicted octanol–water partition coefficient (Wildman–Crippen LogP) is 4.28. The zero-order chi connectivity index (χ0) is 13.7. The third-order valence-electron chi connectivity index (χ3n) is 2.91. The van der Waals surface area contributed by atoms with Crippen molar-refractivity contribution < 1.29 is 0 Å². The van der Waals surface area contributed by atoms with Gasteiger partial charge in [0.2, 0.25) is 6.19 Å². The topological polar surface area (TPSA) is 39.4 Å². The Bertz CT molecular complexity index is 491. The zero-order valence-corrected chi connectivity index (χ0v) is 12.1. The molecule has 0 saturated carbocycles. The molecule has 0 radical (unpaired) electrons. The number of nitriles is 1. The fourth-order valence-corrected chi connectivity index (χ4v) is 2.21. The van der Waals surface area contributed by atoms with Crippen LogP contribution in [0.25, 0.3) is 0 Å². The maximum Gasteiger partial charge on any atom is 0.207 e. The van der Waals surface area contributed by atoms with Gasteiger partial charge in [0, 0.05) is 13.5 Å². The van der Waals surface area contributed by atoms with Gasteiger partial charge in [0.05, 0.1) is 16.1 Å². The van der Waals surface area contributed by atoms with Crippen molar-refractivity contribution in [2.45, 2.75) is 26.3 Å². The predicted molar refractivity (Wildman–Crippen MR) is 76.0 cm³/mol. The van der Waals surface area contributed by atoms with Gasteiger partial charge in [-0.15, -0.1) is 0 Å². The maximum atomic E-state index is 8.66. The van der Waals surface area contributed by atoms with Crippen LogP contribution in [-0.4, -0.2) is 17.8 Å². The highest BCUT2D eigenvalue weighted by Gasteiger charge is 2.18. The molecule has 96 valence electrons. The van der Waals surface area contributed by atoms with Gasteiger partial charge in [-0.05, 0) is 18.6 Å². The summed E-state index contributed by atoms with van der Waals surface area (Å²) in [5.74, 6) is 0.723. The van der Waals surface area contributed by atoms with E-state index < -0.39 is 0 Å². The molecule has 0 saturated heterocycles. The Hall–Kier alpha value is -1.24. The van der Waals surface area contributed by atoms with Crippen LogP contribution in [0.15, 0.2) is 23.2 Å². The van der Waals surface area contributed by atoms with Crippen molar-refractivity contribution in [1.29, 1.82) is 5.26 Å². The maximum absolute atomic E-state index is 8.66. The Kier molecular flexibility index (Phi) is 5.46. The fraction of sp³-hybridized carbons (Fsp3) is 0.385. The van der Waals surface area contributed by atoms with Crippen molar-refractivity contribution in [3.8, 4) is 6.19 Å². The summed E-state index contributed by atoms with van der Waals surface area (Å²) in [6, 6.07) is 5.54. The largest absolute Gasteiger partial charge is 0.356 e. The molecule has 0 heterocycles. The number of rotatable bonds is 3. The molecular formula is C13H15Cl2N3. The van der Waals surface area contributed by atoms with Crippen LogP contribution in [0.4, 0.5) is 0 Å². The first-order valence-corrected chi connectivity index (χ1v) is 6.40. The molecular weight excluding hydrogens is 269 g/mol. The van der Waals surface area contributed by atoms with Crippen molar-refractivity contribution in [3.63, 3.8) is 0 Å². The molecule has 0 aliphatic heterocycles. The summed E-state index contributed by atoms with van der Waals surface area (Å²) in [5.41, 5.74) is 0.922. The van der Waals surface area contributed by atoms with E-state index in [1.807, 2.05) is 44.1 Å². The summed E-state index contributed by atoms with van der Waals surface area (Å²) in [6.07, 6.45) is 2.51. The van der Waals surface area contributed by atoms with Crippen molar-refractivity contribution in [2.24, 2.45) is 4.99 Å². The van der Waals surface area contributed by atoms with Gasteiger partial charge in [0.15, 0.2) is 0 Å². The summed E-state index contributed by atoms with van der Waals surface area (Å²) < 4.78 is 0. The summed E-state index contributed by atoms with van der Waals surface area (Å²) in [5, 5.41) is 9.74. The van der Waals surface area contributed by atoms with Crippen LogP contribution in [0.5, 0.6) is 0 Å². The second kappa shape index (κ2) is 6.63. The molecule has 0 amide bonds. The minimum Gasteiger partial charge on any atom is -0.356 e. The van der Waals surface area contributed by atoms with Gasteiger partial charge in [-0.1, -0.05) is 42.3 Å². The molecule has 1 unspecified atom stereocenters. The Morgan fingerprint density at radius 1 is 1.50 bits per heavy atom. The second-order valence-corrected chi connectivity index (χ2v) is 4.70. The molecule has 1 atom stereocenters. The normalized spacial score (nSPS) is 13.0. The van der Waals surface area contributed by atoms with Gasteiger partial charge in [0.25, 0.3) is 0 Å². The molecule has 5 heteroatoms. The molecule has 3 nitrogen and oxygen atoms in total. The molecule has 1 aromatic carbocycles. The SMILES string of the molecule is CC/C(=N\C#N)N(C)C(C)c1cccc(Cl)c1Cl. The number of nitrogens with zero attached hydrogens (tertiary/aromatic N) is 3. The third kappa shape index (κ3) is 3.16. The summed E-state index contributed by atoms with van der Waals surface area (Å²) >= 11 is 12.2. The highest BCUT2D eigenvalue weighted by atomic mass is 35.5. The standard InChI is InChI=1S/C13H15Cl2N3/c1-4-12(17-8-16)18(3)9(2)10-6-5-7-11(14)13(10)15/h5-7,9H,4H2,1-3H3/b17-12+. The average Bonchev–Trinajstić information content (AvgIpc) is 2.37. The number of hydrogen-bond acceptors (Lipinski definition) is 2. The van der Waals surface area contributed by atoms with Gasteiger partial charge < -0.3 is 4.90 Å². The van der Waals surface area contributed by atoms with E-state index in [9.17, 15) is 0 Å². The van der Waals surface area contributed by atoms with Crippen LogP contribution >= 0.6 is 23.2 Å². The van der Waals surface area contributed by atoms with Gasteiger partial charge in [-0.3, -0.25) is 0 Å². The first-order valence-electron chi connectivity index (χ1n) is 5.65. The molecule has 0 aliphatic carbocycles. The first-order chi connectivity index (χ1) is 8.52. The smallest absolute Gasteiger partial charge is 0.207 e. The molecule has 1 aromatic rings.